The average Bonchev–Trinajstić information content (AvgIpc) is 2.65. The Kier molecular flexibility index (Phi) is 7.53. The van der Waals surface area contributed by atoms with E-state index in [-0.39, 0.29) is 24.2 Å². The van der Waals surface area contributed by atoms with Crippen LogP contribution in [0.3, 0.4) is 0 Å². The van der Waals surface area contributed by atoms with Crippen molar-refractivity contribution < 1.29 is 22.7 Å². The van der Waals surface area contributed by atoms with Crippen LogP contribution in [0, 0.1) is 0 Å². The molecule has 0 atom stereocenters. The van der Waals surface area contributed by atoms with E-state index in [1.807, 2.05) is 38.1 Å². The van der Waals surface area contributed by atoms with Crippen LogP contribution in [0.5, 0.6) is 0 Å². The van der Waals surface area contributed by atoms with E-state index in [9.17, 15) is 13.2 Å². The molecule has 146 valence electrons. The van der Waals surface area contributed by atoms with Gasteiger partial charge in [-0.25, -0.2) is 17.9 Å². The Bertz CT molecular complexity index is 860. The summed E-state index contributed by atoms with van der Waals surface area (Å²) in [5.74, 6) is -0.478. The highest BCUT2D eigenvalue weighted by Crippen LogP contribution is 2.15. The van der Waals surface area contributed by atoms with Crippen molar-refractivity contribution in [2.45, 2.75) is 44.9 Å². The van der Waals surface area contributed by atoms with Gasteiger partial charge in [-0.05, 0) is 56.2 Å². The molecule has 0 saturated carbocycles. The molecule has 0 unspecified atom stereocenters. The number of nitrogens with one attached hydrogen (secondary N) is 1. The summed E-state index contributed by atoms with van der Waals surface area (Å²) >= 11 is 0. The lowest BCUT2D eigenvalue weighted by molar-refractivity contribution is 0.0526. The lowest BCUT2D eigenvalue weighted by atomic mass is 10.1. The first kappa shape index (κ1) is 21.1. The fourth-order valence-electron chi connectivity index (χ4n) is 2.37. The molecule has 27 heavy (non-hydrogen) atoms. The third kappa shape index (κ3) is 6.16. The minimum absolute atomic E-state index is 0.0893. The maximum Gasteiger partial charge on any atom is 0.338 e. The van der Waals surface area contributed by atoms with Gasteiger partial charge >= 0.3 is 5.97 Å². The summed E-state index contributed by atoms with van der Waals surface area (Å²) in [7, 11) is -3.70. The van der Waals surface area contributed by atoms with E-state index >= 15 is 0 Å². The Balaban J connectivity index is 2.08. The molecule has 7 heteroatoms. The Morgan fingerprint density at radius 2 is 1.67 bits per heavy atom. The molecule has 2 rings (SSSR count). The van der Waals surface area contributed by atoms with E-state index in [1.165, 1.54) is 24.3 Å². The highest BCUT2D eigenvalue weighted by Gasteiger charge is 2.16. The highest BCUT2D eigenvalue weighted by molar-refractivity contribution is 7.89. The van der Waals surface area contributed by atoms with Crippen molar-refractivity contribution in [1.29, 1.82) is 0 Å². The van der Waals surface area contributed by atoms with Crippen LogP contribution in [0.15, 0.2) is 53.4 Å². The van der Waals surface area contributed by atoms with Crippen LogP contribution >= 0.6 is 0 Å². The summed E-state index contributed by atoms with van der Waals surface area (Å²) in [5.41, 5.74) is 2.10. The van der Waals surface area contributed by atoms with Gasteiger partial charge in [0.1, 0.15) is 0 Å². The molecule has 0 aromatic heterocycles. The van der Waals surface area contributed by atoms with E-state index < -0.39 is 16.0 Å². The Labute approximate surface area is 160 Å². The third-order valence-electron chi connectivity index (χ3n) is 3.82. The molecule has 0 fully saturated rings. The summed E-state index contributed by atoms with van der Waals surface area (Å²) in [6.07, 6.45) is 0.0904. The zero-order chi connectivity index (χ0) is 19.9. The van der Waals surface area contributed by atoms with Gasteiger partial charge in [-0.2, -0.15) is 0 Å². The molecule has 0 aliphatic heterocycles. The number of hydrogen-bond acceptors (Lipinski definition) is 5. The Morgan fingerprint density at radius 3 is 2.26 bits per heavy atom. The predicted molar refractivity (Wildman–Crippen MR) is 103 cm³/mol. The number of benzene rings is 2. The molecule has 2 aromatic carbocycles. The van der Waals surface area contributed by atoms with Gasteiger partial charge in [0.05, 0.1) is 29.8 Å². The fraction of sp³-hybridized carbons (Fsp3) is 0.350. The summed E-state index contributed by atoms with van der Waals surface area (Å²) in [6, 6.07) is 13.2. The lowest BCUT2D eigenvalue weighted by Gasteiger charge is -2.13. The molecule has 1 N–H and O–H groups in total. The molecular weight excluding hydrogens is 366 g/mol. The van der Waals surface area contributed by atoms with Crippen LogP contribution in [0.25, 0.3) is 0 Å². The molecule has 0 saturated heterocycles. The van der Waals surface area contributed by atoms with Crippen molar-refractivity contribution >= 4 is 16.0 Å². The highest BCUT2D eigenvalue weighted by atomic mass is 32.2. The summed E-state index contributed by atoms with van der Waals surface area (Å²) in [4.78, 5) is 11.8. The van der Waals surface area contributed by atoms with E-state index in [4.69, 9.17) is 9.47 Å². The minimum atomic E-state index is -3.70. The number of ether oxygens (including phenoxy) is 2. The molecule has 0 heterocycles. The van der Waals surface area contributed by atoms with Crippen LogP contribution in [0.4, 0.5) is 0 Å². The maximum absolute atomic E-state index is 12.5. The molecule has 2 aromatic rings. The topological polar surface area (TPSA) is 81.7 Å². The van der Waals surface area contributed by atoms with Gasteiger partial charge in [0.2, 0.25) is 10.0 Å². The Morgan fingerprint density at radius 1 is 1.04 bits per heavy atom. The van der Waals surface area contributed by atoms with Crippen LogP contribution in [-0.4, -0.2) is 27.1 Å². The lowest BCUT2D eigenvalue weighted by Crippen LogP contribution is -2.24. The van der Waals surface area contributed by atoms with Crippen molar-refractivity contribution in [3.05, 3.63) is 65.2 Å². The number of carbonyl (C=O) groups excluding carboxylic acids is 1. The smallest absolute Gasteiger partial charge is 0.338 e. The van der Waals surface area contributed by atoms with E-state index in [0.717, 1.165) is 11.1 Å². The number of sulfonamides is 1. The Hall–Kier alpha value is -2.22. The van der Waals surface area contributed by atoms with Gasteiger partial charge in [0, 0.05) is 6.54 Å². The number of hydrogen-bond donors (Lipinski definition) is 1. The maximum atomic E-state index is 12.5. The second-order valence-corrected chi connectivity index (χ2v) is 7.96. The quantitative estimate of drug-likeness (QED) is 0.664. The average molecular weight is 391 g/mol. The fourth-order valence-corrected chi connectivity index (χ4v) is 3.37. The van der Waals surface area contributed by atoms with E-state index in [0.29, 0.717) is 12.2 Å². The van der Waals surface area contributed by atoms with Crippen molar-refractivity contribution in [3.63, 3.8) is 0 Å². The first-order chi connectivity index (χ1) is 12.8. The van der Waals surface area contributed by atoms with Crippen molar-refractivity contribution in [1.82, 2.24) is 4.72 Å². The number of carbonyl (C=O) groups is 1. The normalized spacial score (nSPS) is 11.6. The van der Waals surface area contributed by atoms with E-state index in [2.05, 4.69) is 4.72 Å². The largest absolute Gasteiger partial charge is 0.462 e. The van der Waals surface area contributed by atoms with Crippen molar-refractivity contribution in [2.24, 2.45) is 0 Å². The van der Waals surface area contributed by atoms with Gasteiger partial charge in [0.15, 0.2) is 0 Å². The van der Waals surface area contributed by atoms with Gasteiger partial charge in [-0.1, -0.05) is 24.3 Å². The standard InChI is InChI=1S/C20H25NO5S/c1-4-25-20(22)16-9-11-19(12-10-16)27(23,24)21-13-17-7-5-6-8-18(17)14-26-15(2)3/h5-12,15,21H,4,13-14H2,1-3H3. The monoisotopic (exact) mass is 391 g/mol. The van der Waals surface area contributed by atoms with E-state index in [1.54, 1.807) is 6.92 Å². The van der Waals surface area contributed by atoms with Gasteiger partial charge in [0.25, 0.3) is 0 Å². The van der Waals surface area contributed by atoms with Gasteiger partial charge in [-0.15, -0.1) is 0 Å². The van der Waals surface area contributed by atoms with Crippen LogP contribution < -0.4 is 4.72 Å². The molecule has 0 amide bonds. The molecular formula is C20H25NO5S. The zero-order valence-electron chi connectivity index (χ0n) is 15.8. The summed E-state index contributed by atoms with van der Waals surface area (Å²) in [5, 5.41) is 0. The zero-order valence-corrected chi connectivity index (χ0v) is 16.6. The van der Waals surface area contributed by atoms with Crippen LogP contribution in [0.2, 0.25) is 0 Å². The third-order valence-corrected chi connectivity index (χ3v) is 5.24. The predicted octanol–water partition coefficient (Wildman–Crippen LogP) is 3.27. The van der Waals surface area contributed by atoms with Gasteiger partial charge in [-0.3, -0.25) is 0 Å². The first-order valence-corrected chi connectivity index (χ1v) is 10.3. The molecule has 0 radical (unpaired) electrons. The van der Waals surface area contributed by atoms with Crippen molar-refractivity contribution in [3.8, 4) is 0 Å². The number of esters is 1. The molecule has 6 nitrogen and oxygen atoms in total. The van der Waals surface area contributed by atoms with Crippen molar-refractivity contribution in [2.75, 3.05) is 6.61 Å². The molecule has 0 bridgehead atoms. The molecule has 0 spiro atoms. The summed E-state index contributed by atoms with van der Waals surface area (Å²) < 4.78 is 38.2. The van der Waals surface area contributed by atoms with Gasteiger partial charge < -0.3 is 9.47 Å². The minimum Gasteiger partial charge on any atom is -0.462 e. The first-order valence-electron chi connectivity index (χ1n) is 8.78. The number of rotatable bonds is 9. The second-order valence-electron chi connectivity index (χ2n) is 6.20. The van der Waals surface area contributed by atoms with Crippen LogP contribution in [0.1, 0.15) is 42.3 Å². The van der Waals surface area contributed by atoms with Crippen LogP contribution in [-0.2, 0) is 32.6 Å². The molecule has 0 aliphatic rings. The summed E-state index contributed by atoms with van der Waals surface area (Å²) in [6.45, 7) is 6.45. The SMILES string of the molecule is CCOC(=O)c1ccc(S(=O)(=O)NCc2ccccc2COC(C)C)cc1. The second kappa shape index (κ2) is 9.64. The molecule has 0 aliphatic carbocycles.